The van der Waals surface area contributed by atoms with Gasteiger partial charge in [-0.25, -0.2) is 9.78 Å². The number of piperazine rings is 1. The topological polar surface area (TPSA) is 101 Å². The monoisotopic (exact) mass is 351 g/mol. The summed E-state index contributed by atoms with van der Waals surface area (Å²) in [6.07, 6.45) is 0. The van der Waals surface area contributed by atoms with E-state index in [1.165, 1.54) is 0 Å². The number of aryl methyl sites for hydroxylation is 1. The van der Waals surface area contributed by atoms with Crippen molar-refractivity contribution >= 4 is 23.2 Å². The SMILES string of the molecule is CCNc1c(C(=O)OCC)c(C)nc(N2CCN(C)CC2)c1[N+](=O)[O-]. The van der Waals surface area contributed by atoms with E-state index in [0.29, 0.717) is 31.1 Å². The van der Waals surface area contributed by atoms with Crippen molar-refractivity contribution in [1.29, 1.82) is 0 Å². The van der Waals surface area contributed by atoms with E-state index in [4.69, 9.17) is 4.74 Å². The number of nitrogens with one attached hydrogen (secondary N) is 1. The van der Waals surface area contributed by atoms with E-state index >= 15 is 0 Å². The number of pyridine rings is 1. The first-order valence-corrected chi connectivity index (χ1v) is 8.44. The molecule has 0 bridgehead atoms. The van der Waals surface area contributed by atoms with Crippen molar-refractivity contribution in [2.75, 3.05) is 56.6 Å². The summed E-state index contributed by atoms with van der Waals surface area (Å²) in [6.45, 7) is 8.72. The third-order valence-corrected chi connectivity index (χ3v) is 4.15. The Kier molecular flexibility index (Phi) is 6.13. The standard InChI is InChI=1S/C16H25N5O4/c1-5-17-13-12(16(22)25-6-2)11(3)18-15(14(13)21(23)24)20-9-7-19(4)8-10-20/h5-10H2,1-4H3,(H,17,18). The number of rotatable bonds is 6. The van der Waals surface area contributed by atoms with Crippen LogP contribution in [0.5, 0.6) is 0 Å². The Morgan fingerprint density at radius 1 is 1.32 bits per heavy atom. The van der Waals surface area contributed by atoms with Crippen molar-refractivity contribution in [1.82, 2.24) is 9.88 Å². The minimum Gasteiger partial charge on any atom is -0.462 e. The van der Waals surface area contributed by atoms with Crippen LogP contribution in [0.25, 0.3) is 0 Å². The summed E-state index contributed by atoms with van der Waals surface area (Å²) in [7, 11) is 2.01. The molecule has 1 aromatic heterocycles. The van der Waals surface area contributed by atoms with Crippen molar-refractivity contribution in [3.63, 3.8) is 0 Å². The van der Waals surface area contributed by atoms with Gasteiger partial charge in [0, 0.05) is 32.7 Å². The summed E-state index contributed by atoms with van der Waals surface area (Å²) < 4.78 is 5.07. The molecule has 0 atom stereocenters. The predicted molar refractivity (Wildman–Crippen MR) is 95.5 cm³/mol. The molecule has 9 nitrogen and oxygen atoms in total. The number of carbonyl (C=O) groups excluding carboxylic acids is 1. The van der Waals surface area contributed by atoms with Crippen LogP contribution in [0.15, 0.2) is 0 Å². The Morgan fingerprint density at radius 3 is 2.48 bits per heavy atom. The van der Waals surface area contributed by atoms with Crippen LogP contribution in [-0.2, 0) is 4.74 Å². The van der Waals surface area contributed by atoms with Crippen molar-refractivity contribution in [2.45, 2.75) is 20.8 Å². The van der Waals surface area contributed by atoms with Crippen LogP contribution in [0.1, 0.15) is 29.9 Å². The number of nitro groups is 1. The fourth-order valence-electron chi connectivity index (χ4n) is 2.89. The second-order valence-electron chi connectivity index (χ2n) is 5.92. The Morgan fingerprint density at radius 2 is 1.96 bits per heavy atom. The van der Waals surface area contributed by atoms with Gasteiger partial charge in [0.15, 0.2) is 0 Å². The number of hydrogen-bond acceptors (Lipinski definition) is 8. The lowest BCUT2D eigenvalue weighted by Crippen LogP contribution is -2.45. The Bertz CT molecular complexity index is 656. The first-order chi connectivity index (χ1) is 11.9. The highest BCUT2D eigenvalue weighted by Gasteiger charge is 2.33. The average molecular weight is 351 g/mol. The first-order valence-electron chi connectivity index (χ1n) is 8.44. The van der Waals surface area contributed by atoms with E-state index in [9.17, 15) is 14.9 Å². The van der Waals surface area contributed by atoms with E-state index in [-0.39, 0.29) is 23.5 Å². The van der Waals surface area contributed by atoms with Gasteiger partial charge in [-0.05, 0) is 27.8 Å². The minimum atomic E-state index is -0.600. The molecule has 138 valence electrons. The zero-order chi connectivity index (χ0) is 18.6. The van der Waals surface area contributed by atoms with E-state index in [1.807, 2.05) is 18.9 Å². The van der Waals surface area contributed by atoms with Gasteiger partial charge in [0.1, 0.15) is 11.3 Å². The number of aromatic nitrogens is 1. The van der Waals surface area contributed by atoms with E-state index in [0.717, 1.165) is 13.1 Å². The van der Waals surface area contributed by atoms with E-state index in [2.05, 4.69) is 15.2 Å². The molecule has 1 N–H and O–H groups in total. The summed E-state index contributed by atoms with van der Waals surface area (Å²) in [5, 5.41) is 14.8. The molecule has 0 aliphatic carbocycles. The minimum absolute atomic E-state index is 0.133. The molecule has 0 amide bonds. The van der Waals surface area contributed by atoms with Crippen molar-refractivity contribution in [3.8, 4) is 0 Å². The van der Waals surface area contributed by atoms with E-state index in [1.54, 1.807) is 13.8 Å². The molecule has 1 aliphatic heterocycles. The molecule has 0 saturated carbocycles. The van der Waals surface area contributed by atoms with Gasteiger partial charge in [0.05, 0.1) is 17.2 Å². The van der Waals surface area contributed by atoms with Crippen LogP contribution in [0, 0.1) is 17.0 Å². The summed E-state index contributed by atoms with van der Waals surface area (Å²) in [6, 6.07) is 0. The lowest BCUT2D eigenvalue weighted by atomic mass is 10.1. The van der Waals surface area contributed by atoms with Gasteiger partial charge >= 0.3 is 11.7 Å². The Hall–Kier alpha value is -2.42. The highest BCUT2D eigenvalue weighted by molar-refractivity contribution is 6.01. The largest absolute Gasteiger partial charge is 0.462 e. The smallest absolute Gasteiger partial charge is 0.342 e. The fourth-order valence-corrected chi connectivity index (χ4v) is 2.89. The molecule has 2 heterocycles. The average Bonchev–Trinajstić information content (AvgIpc) is 2.55. The van der Waals surface area contributed by atoms with Gasteiger partial charge < -0.3 is 19.9 Å². The molecular weight excluding hydrogens is 326 g/mol. The Labute approximate surface area is 147 Å². The van der Waals surface area contributed by atoms with E-state index < -0.39 is 10.9 Å². The van der Waals surface area contributed by atoms with Gasteiger partial charge in [-0.3, -0.25) is 10.1 Å². The summed E-state index contributed by atoms with van der Waals surface area (Å²) in [5.74, 6) is -0.295. The van der Waals surface area contributed by atoms with Gasteiger partial charge in [0.25, 0.3) is 0 Å². The summed E-state index contributed by atoms with van der Waals surface area (Å²) in [4.78, 5) is 32.1. The molecule has 1 fully saturated rings. The summed E-state index contributed by atoms with van der Waals surface area (Å²) >= 11 is 0. The maximum Gasteiger partial charge on any atom is 0.342 e. The second kappa shape index (κ2) is 8.11. The van der Waals surface area contributed by atoms with Crippen LogP contribution in [0.4, 0.5) is 17.2 Å². The number of likely N-dealkylation sites (N-methyl/N-ethyl adjacent to an activating group) is 1. The molecule has 1 aliphatic rings. The van der Waals surface area contributed by atoms with Gasteiger partial charge in [0.2, 0.25) is 5.82 Å². The van der Waals surface area contributed by atoms with Crippen LogP contribution in [0.2, 0.25) is 0 Å². The quantitative estimate of drug-likeness (QED) is 0.469. The normalized spacial score (nSPS) is 15.1. The second-order valence-corrected chi connectivity index (χ2v) is 5.92. The molecule has 0 spiro atoms. The molecule has 0 aromatic carbocycles. The number of hydrogen-bond donors (Lipinski definition) is 1. The molecule has 0 unspecified atom stereocenters. The lowest BCUT2D eigenvalue weighted by molar-refractivity contribution is -0.383. The van der Waals surface area contributed by atoms with Gasteiger partial charge in [-0.2, -0.15) is 0 Å². The van der Waals surface area contributed by atoms with Gasteiger partial charge in [-0.1, -0.05) is 0 Å². The number of carbonyl (C=O) groups is 1. The number of esters is 1. The molecule has 0 radical (unpaired) electrons. The molecule has 9 heteroatoms. The van der Waals surface area contributed by atoms with Crippen LogP contribution < -0.4 is 10.2 Å². The maximum absolute atomic E-state index is 12.3. The van der Waals surface area contributed by atoms with Crippen LogP contribution in [-0.4, -0.2) is 67.2 Å². The van der Waals surface area contributed by atoms with Crippen molar-refractivity contribution < 1.29 is 14.5 Å². The lowest BCUT2D eigenvalue weighted by Gasteiger charge is -2.33. The van der Waals surface area contributed by atoms with Gasteiger partial charge in [-0.15, -0.1) is 0 Å². The zero-order valence-corrected chi connectivity index (χ0v) is 15.2. The molecule has 25 heavy (non-hydrogen) atoms. The van der Waals surface area contributed by atoms with Crippen LogP contribution in [0.3, 0.4) is 0 Å². The highest BCUT2D eigenvalue weighted by Crippen LogP contribution is 2.38. The number of ether oxygens (including phenoxy) is 1. The number of anilines is 2. The molecule has 1 aromatic rings. The van der Waals surface area contributed by atoms with Crippen molar-refractivity contribution in [3.05, 3.63) is 21.4 Å². The van der Waals surface area contributed by atoms with Crippen molar-refractivity contribution in [2.24, 2.45) is 0 Å². The zero-order valence-electron chi connectivity index (χ0n) is 15.2. The first kappa shape index (κ1) is 18.9. The molecule has 2 rings (SSSR count). The molecule has 1 saturated heterocycles. The number of nitrogens with zero attached hydrogens (tertiary/aromatic N) is 4. The summed E-state index contributed by atoms with van der Waals surface area (Å²) in [5.41, 5.74) is 0.578. The fraction of sp³-hybridized carbons (Fsp3) is 0.625. The van der Waals surface area contributed by atoms with Crippen LogP contribution >= 0.6 is 0 Å². The maximum atomic E-state index is 12.3. The Balaban J connectivity index is 2.61. The predicted octanol–water partition coefficient (Wildman–Crippen LogP) is 1.66. The highest BCUT2D eigenvalue weighted by atomic mass is 16.6. The third kappa shape index (κ3) is 3.98. The third-order valence-electron chi connectivity index (χ3n) is 4.15. The molecular formula is C16H25N5O4.